The Labute approximate surface area is 121 Å². The molecule has 5 heteroatoms. The number of hydrogen-bond donors (Lipinski definition) is 0. The molecule has 0 saturated heterocycles. The zero-order valence-corrected chi connectivity index (χ0v) is 12.7. The van der Waals surface area contributed by atoms with Gasteiger partial charge in [0.1, 0.15) is 0 Å². The van der Waals surface area contributed by atoms with E-state index in [1.807, 2.05) is 0 Å². The monoisotopic (exact) mass is 385 g/mol. The van der Waals surface area contributed by atoms with Gasteiger partial charge in [0.25, 0.3) is 0 Å². The van der Waals surface area contributed by atoms with Gasteiger partial charge in [-0.2, -0.15) is 0 Å². The first-order chi connectivity index (χ1) is 6.00. The molecule has 1 aliphatic rings. The van der Waals surface area contributed by atoms with Gasteiger partial charge in [-0.3, -0.25) is 0 Å². The zero-order chi connectivity index (χ0) is 10.0. The van der Waals surface area contributed by atoms with Crippen LogP contribution >= 0.6 is 22.6 Å². The molecule has 0 fully saturated rings. The number of allylic oxidation sites excluding steroid dienone is 3. The van der Waals surface area contributed by atoms with E-state index in [9.17, 15) is 8.78 Å². The van der Waals surface area contributed by atoms with Crippen LogP contribution in [0.3, 0.4) is 0 Å². The number of alkyl halides is 2. The largest absolute Gasteiger partial charge is 0.463 e. The molecule has 0 bridgehead atoms. The summed E-state index contributed by atoms with van der Waals surface area (Å²) in [4.78, 5) is 1.65. The minimum absolute atomic E-state index is 0. The first-order valence-corrected chi connectivity index (χ1v) is 4.79. The summed E-state index contributed by atoms with van der Waals surface area (Å²) in [5, 5.41) is 0. The van der Waals surface area contributed by atoms with E-state index in [1.54, 1.807) is 18.1 Å². The summed E-state index contributed by atoms with van der Waals surface area (Å²) in [5.74, 6) is 0. The maximum absolute atomic E-state index is 12.1. The Hall–Kier alpha value is 0.714. The first kappa shape index (κ1) is 14.7. The number of nitrogens with zero attached hydrogens (tertiary/aromatic N) is 1. The molecule has 75 valence electrons. The summed E-state index contributed by atoms with van der Waals surface area (Å²) in [7, 11) is 1.76. The fourth-order valence-corrected chi connectivity index (χ4v) is 1.77. The van der Waals surface area contributed by atoms with Gasteiger partial charge in [0.15, 0.2) is 0 Å². The SMILES string of the molecule is C=C1C(CC(F)F)=[C-]N(C)C=C1I.[Y]. The Kier molecular flexibility index (Phi) is 6.65. The van der Waals surface area contributed by atoms with E-state index < -0.39 is 6.43 Å². The number of rotatable bonds is 2. The van der Waals surface area contributed by atoms with Crippen LogP contribution in [0.15, 0.2) is 27.5 Å². The van der Waals surface area contributed by atoms with Crippen molar-refractivity contribution in [1.29, 1.82) is 0 Å². The smallest absolute Gasteiger partial charge is 0.240 e. The predicted molar refractivity (Wildman–Crippen MR) is 56.4 cm³/mol. The Balaban J connectivity index is 0.00000169. The summed E-state index contributed by atoms with van der Waals surface area (Å²) in [6, 6.07) is 0. The van der Waals surface area contributed by atoms with Gasteiger partial charge in [-0.1, -0.05) is 38.6 Å². The third-order valence-electron chi connectivity index (χ3n) is 1.63. The second-order valence-electron chi connectivity index (χ2n) is 2.75. The predicted octanol–water partition coefficient (Wildman–Crippen LogP) is 3.10. The van der Waals surface area contributed by atoms with Gasteiger partial charge in [0.05, 0.1) is 0 Å². The van der Waals surface area contributed by atoms with E-state index >= 15 is 0 Å². The van der Waals surface area contributed by atoms with Crippen molar-refractivity contribution in [3.63, 3.8) is 0 Å². The van der Waals surface area contributed by atoms with Crippen LogP contribution in [0.4, 0.5) is 8.78 Å². The van der Waals surface area contributed by atoms with Crippen molar-refractivity contribution in [3.05, 3.63) is 33.7 Å². The molecule has 1 radical (unpaired) electrons. The summed E-state index contributed by atoms with van der Waals surface area (Å²) in [5.41, 5.74) is 1.14. The normalized spacial score (nSPS) is 16.4. The van der Waals surface area contributed by atoms with Crippen molar-refractivity contribution in [1.82, 2.24) is 4.90 Å². The minimum Gasteiger partial charge on any atom is -0.463 e. The molecule has 14 heavy (non-hydrogen) atoms. The van der Waals surface area contributed by atoms with E-state index in [1.165, 1.54) is 0 Å². The fraction of sp³-hybridized carbons (Fsp3) is 0.333. The molecular weight excluding hydrogens is 376 g/mol. The van der Waals surface area contributed by atoms with Crippen LogP contribution in [0.2, 0.25) is 0 Å². The van der Waals surface area contributed by atoms with E-state index in [4.69, 9.17) is 0 Å². The second-order valence-corrected chi connectivity index (χ2v) is 3.91. The van der Waals surface area contributed by atoms with Gasteiger partial charge in [0.2, 0.25) is 6.43 Å². The summed E-state index contributed by atoms with van der Waals surface area (Å²) in [6.07, 6.45) is 2.01. The molecule has 0 N–H and O–H groups in total. The fourth-order valence-electron chi connectivity index (χ4n) is 1.03. The van der Waals surface area contributed by atoms with Crippen molar-refractivity contribution in [2.75, 3.05) is 7.05 Å². The quantitative estimate of drug-likeness (QED) is 0.522. The molecule has 0 amide bonds. The molecule has 0 unspecified atom stereocenters. The van der Waals surface area contributed by atoms with E-state index in [2.05, 4.69) is 35.4 Å². The van der Waals surface area contributed by atoms with Crippen LogP contribution in [0.1, 0.15) is 6.42 Å². The Bertz CT molecular complexity index is 287. The molecular formula is C9H9F2INY-. The van der Waals surface area contributed by atoms with Gasteiger partial charge in [-0.05, 0) is 7.05 Å². The van der Waals surface area contributed by atoms with Crippen LogP contribution in [-0.2, 0) is 32.7 Å². The third-order valence-corrected chi connectivity index (χ3v) is 2.56. The maximum Gasteiger partial charge on any atom is 0.240 e. The Morgan fingerprint density at radius 2 is 2.21 bits per heavy atom. The van der Waals surface area contributed by atoms with Gasteiger partial charge >= 0.3 is 0 Å². The van der Waals surface area contributed by atoms with Crippen LogP contribution in [-0.4, -0.2) is 18.4 Å². The Morgan fingerprint density at radius 3 is 2.71 bits per heavy atom. The molecule has 0 aromatic carbocycles. The average molecular weight is 385 g/mol. The summed E-state index contributed by atoms with van der Waals surface area (Å²) < 4.78 is 25.1. The molecule has 0 atom stereocenters. The van der Waals surface area contributed by atoms with Gasteiger partial charge < -0.3 is 4.90 Å². The van der Waals surface area contributed by atoms with E-state index in [0.29, 0.717) is 11.1 Å². The molecule has 1 aliphatic heterocycles. The molecule has 0 aliphatic carbocycles. The topological polar surface area (TPSA) is 3.24 Å². The summed E-state index contributed by atoms with van der Waals surface area (Å²) >= 11 is 2.07. The van der Waals surface area contributed by atoms with E-state index in [-0.39, 0.29) is 39.1 Å². The molecule has 0 aromatic heterocycles. The molecule has 1 nitrogen and oxygen atoms in total. The van der Waals surface area contributed by atoms with Crippen molar-refractivity contribution < 1.29 is 41.5 Å². The van der Waals surface area contributed by atoms with E-state index in [0.717, 1.165) is 3.58 Å². The second kappa shape index (κ2) is 6.33. The van der Waals surface area contributed by atoms with Crippen molar-refractivity contribution in [2.24, 2.45) is 0 Å². The van der Waals surface area contributed by atoms with Crippen molar-refractivity contribution in [2.45, 2.75) is 12.8 Å². The summed E-state index contributed by atoms with van der Waals surface area (Å²) in [6.45, 7) is 3.73. The third kappa shape index (κ3) is 4.07. The van der Waals surface area contributed by atoms with Gasteiger partial charge in [-0.25, -0.2) is 8.78 Å². The van der Waals surface area contributed by atoms with Crippen molar-refractivity contribution in [3.8, 4) is 0 Å². The van der Waals surface area contributed by atoms with Crippen LogP contribution < -0.4 is 0 Å². The molecule has 0 aromatic rings. The molecule has 1 rings (SSSR count). The molecule has 0 spiro atoms. The number of halogens is 3. The van der Waals surface area contributed by atoms with Crippen LogP contribution in [0.5, 0.6) is 0 Å². The van der Waals surface area contributed by atoms with Crippen LogP contribution in [0.25, 0.3) is 0 Å². The first-order valence-electron chi connectivity index (χ1n) is 3.71. The van der Waals surface area contributed by atoms with Gasteiger partial charge in [-0.15, -0.1) is 17.7 Å². The molecule has 0 saturated carbocycles. The van der Waals surface area contributed by atoms with Crippen LogP contribution in [0, 0.1) is 6.20 Å². The zero-order valence-electron chi connectivity index (χ0n) is 7.73. The average Bonchev–Trinajstić information content (AvgIpc) is 1.98. The van der Waals surface area contributed by atoms with Crippen molar-refractivity contribution >= 4 is 22.6 Å². The number of hydrogen-bond acceptors (Lipinski definition) is 1. The van der Waals surface area contributed by atoms with Gasteiger partial charge in [0, 0.05) is 39.1 Å². The molecule has 1 heterocycles. The minimum atomic E-state index is -2.34. The maximum atomic E-state index is 12.1. The standard InChI is InChI=1S/C9H9F2IN.Y/c1-6-7(3-9(10)11)4-13(2)5-8(6)12;/h5,9H,1,3H2,2H3;/q-1;. The Morgan fingerprint density at radius 1 is 1.64 bits per heavy atom.